The zero-order valence-electron chi connectivity index (χ0n) is 20.1. The predicted octanol–water partition coefficient (Wildman–Crippen LogP) is 9.15. The van der Waals surface area contributed by atoms with Crippen LogP contribution in [-0.4, -0.2) is 6.21 Å². The number of fused-ring (bicyclic) bond motifs is 3. The summed E-state index contributed by atoms with van der Waals surface area (Å²) < 4.78 is 6.07. The van der Waals surface area contributed by atoms with Crippen molar-refractivity contribution in [3.63, 3.8) is 0 Å². The van der Waals surface area contributed by atoms with Crippen molar-refractivity contribution in [1.82, 2.24) is 0 Å². The third-order valence-electron chi connectivity index (χ3n) is 7.19. The number of allylic oxidation sites excluding steroid dienone is 2. The van der Waals surface area contributed by atoms with E-state index in [4.69, 9.17) is 32.9 Å². The zero-order valence-corrected chi connectivity index (χ0v) is 21.7. The van der Waals surface area contributed by atoms with Crippen LogP contribution >= 0.6 is 23.2 Å². The largest absolute Gasteiger partial charge is 0.488 e. The first kappa shape index (κ1) is 23.8. The first-order valence-corrected chi connectivity index (χ1v) is 13.2. The quantitative estimate of drug-likeness (QED) is 0.201. The molecule has 0 saturated heterocycles. The SMILES string of the molecule is Clc1ccc(OCc2ccccc2Cl)c(C=Nc2ccc([C@@H]3Nc4ccccc4[C@@H]4C=CC[C@@H]43)cc2)c1. The van der Waals surface area contributed by atoms with Gasteiger partial charge in [-0.15, -0.1) is 0 Å². The molecule has 4 aromatic rings. The van der Waals surface area contributed by atoms with Crippen molar-refractivity contribution in [2.75, 3.05) is 5.32 Å². The van der Waals surface area contributed by atoms with E-state index in [-0.39, 0.29) is 6.04 Å². The van der Waals surface area contributed by atoms with Gasteiger partial charge in [0.15, 0.2) is 0 Å². The number of hydrogen-bond acceptors (Lipinski definition) is 3. The number of halogens is 2. The molecule has 6 rings (SSSR count). The molecule has 0 bridgehead atoms. The van der Waals surface area contributed by atoms with Crippen molar-refractivity contribution >= 4 is 40.8 Å². The van der Waals surface area contributed by atoms with E-state index in [1.54, 1.807) is 6.21 Å². The summed E-state index contributed by atoms with van der Waals surface area (Å²) in [7, 11) is 0. The maximum absolute atomic E-state index is 6.28. The third-order valence-corrected chi connectivity index (χ3v) is 7.79. The number of ether oxygens (including phenoxy) is 1. The molecular weight excluding hydrogens is 499 g/mol. The van der Waals surface area contributed by atoms with E-state index < -0.39 is 0 Å². The molecule has 2 aliphatic rings. The Kier molecular flexibility index (Phi) is 6.73. The number of nitrogens with zero attached hydrogens (tertiary/aromatic N) is 1. The average molecular weight is 525 g/mol. The van der Waals surface area contributed by atoms with E-state index in [1.165, 1.54) is 16.8 Å². The lowest BCUT2D eigenvalue weighted by Gasteiger charge is -2.37. The summed E-state index contributed by atoms with van der Waals surface area (Å²) in [6.07, 6.45) is 7.57. The second-order valence-corrected chi connectivity index (χ2v) is 10.3. The molecule has 4 aromatic carbocycles. The van der Waals surface area contributed by atoms with Gasteiger partial charge < -0.3 is 10.1 Å². The summed E-state index contributed by atoms with van der Waals surface area (Å²) in [5.41, 5.74) is 6.52. The van der Waals surface area contributed by atoms with Crippen molar-refractivity contribution in [1.29, 1.82) is 0 Å². The smallest absolute Gasteiger partial charge is 0.128 e. The number of nitrogens with one attached hydrogen (secondary N) is 1. The van der Waals surface area contributed by atoms with Crippen molar-refractivity contribution < 1.29 is 4.74 Å². The molecule has 0 radical (unpaired) electrons. The van der Waals surface area contributed by atoms with E-state index in [9.17, 15) is 0 Å². The minimum atomic E-state index is 0.269. The summed E-state index contributed by atoms with van der Waals surface area (Å²) >= 11 is 12.6. The molecule has 1 aliphatic heterocycles. The summed E-state index contributed by atoms with van der Waals surface area (Å²) in [6.45, 7) is 0.366. The molecule has 0 fully saturated rings. The van der Waals surface area contributed by atoms with Crippen LogP contribution in [0.1, 0.15) is 40.6 Å². The molecule has 5 heteroatoms. The summed E-state index contributed by atoms with van der Waals surface area (Å²) in [5.74, 6) is 1.69. The normalized spacial score (nSPS) is 19.9. The van der Waals surface area contributed by atoms with Gasteiger partial charge in [0, 0.05) is 39.0 Å². The molecule has 184 valence electrons. The number of hydrogen-bond donors (Lipinski definition) is 1. The van der Waals surface area contributed by atoms with Crippen molar-refractivity contribution in [3.05, 3.63) is 135 Å². The Morgan fingerprint density at radius 3 is 2.59 bits per heavy atom. The van der Waals surface area contributed by atoms with E-state index >= 15 is 0 Å². The second kappa shape index (κ2) is 10.5. The molecule has 3 nitrogen and oxygen atoms in total. The Hall–Kier alpha value is -3.53. The van der Waals surface area contributed by atoms with Crippen molar-refractivity contribution in [2.24, 2.45) is 10.9 Å². The molecule has 37 heavy (non-hydrogen) atoms. The molecule has 0 amide bonds. The van der Waals surface area contributed by atoms with Gasteiger partial charge in [-0.1, -0.05) is 83.9 Å². The van der Waals surface area contributed by atoms with E-state index in [0.29, 0.717) is 34.2 Å². The Balaban J connectivity index is 1.19. The molecule has 1 N–H and O–H groups in total. The fraction of sp³-hybridized carbons (Fsp3) is 0.156. The number of aliphatic imine (C=N–C) groups is 1. The highest BCUT2D eigenvalue weighted by Gasteiger charge is 2.37. The van der Waals surface area contributed by atoms with E-state index in [2.05, 4.69) is 66.0 Å². The zero-order chi connectivity index (χ0) is 25.2. The van der Waals surface area contributed by atoms with Gasteiger partial charge in [-0.25, -0.2) is 0 Å². The number of anilines is 1. The highest BCUT2D eigenvalue weighted by atomic mass is 35.5. The standard InChI is InChI=1S/C32H26Cl2N2O/c33-24-14-17-31(37-20-22-6-1-3-10-29(22)34)23(18-24)19-35-25-15-12-21(13-16-25)32-28-9-5-8-26(28)27-7-2-4-11-30(27)36-32/h1-8,10-19,26,28,32,36H,9,20H2/t26-,28-,32-/m0/s1. The van der Waals surface area contributed by atoms with Crippen molar-refractivity contribution in [2.45, 2.75) is 25.0 Å². The topological polar surface area (TPSA) is 33.6 Å². The molecule has 0 saturated carbocycles. The van der Waals surface area contributed by atoms with Crippen LogP contribution in [0.25, 0.3) is 0 Å². The average Bonchev–Trinajstić information content (AvgIpc) is 3.43. The van der Waals surface area contributed by atoms with Gasteiger partial charge in [-0.2, -0.15) is 0 Å². The second-order valence-electron chi connectivity index (χ2n) is 9.47. The Labute approximate surface area is 227 Å². The maximum Gasteiger partial charge on any atom is 0.128 e. The Morgan fingerprint density at radius 2 is 1.73 bits per heavy atom. The predicted molar refractivity (Wildman–Crippen MR) is 154 cm³/mol. The van der Waals surface area contributed by atoms with Gasteiger partial charge in [-0.3, -0.25) is 4.99 Å². The first-order valence-electron chi connectivity index (χ1n) is 12.5. The Morgan fingerprint density at radius 1 is 0.919 bits per heavy atom. The highest BCUT2D eigenvalue weighted by molar-refractivity contribution is 6.31. The van der Waals surface area contributed by atoms with Crippen molar-refractivity contribution in [3.8, 4) is 5.75 Å². The molecule has 3 atom stereocenters. The molecule has 0 aromatic heterocycles. The monoisotopic (exact) mass is 524 g/mol. The minimum absolute atomic E-state index is 0.269. The van der Waals surface area contributed by atoms with Gasteiger partial charge in [0.05, 0.1) is 11.7 Å². The number of rotatable bonds is 6. The van der Waals surface area contributed by atoms with Crippen LogP contribution in [0, 0.1) is 5.92 Å². The van der Waals surface area contributed by atoms with Crippen LogP contribution in [-0.2, 0) is 6.61 Å². The molecule has 1 aliphatic carbocycles. The fourth-order valence-corrected chi connectivity index (χ4v) is 5.68. The summed E-state index contributed by atoms with van der Waals surface area (Å²) in [6, 6.07) is 30.6. The van der Waals surface area contributed by atoms with Gasteiger partial charge in [0.1, 0.15) is 12.4 Å². The number of para-hydroxylation sites is 1. The highest BCUT2D eigenvalue weighted by Crippen LogP contribution is 2.49. The Bertz CT molecular complexity index is 1480. The maximum atomic E-state index is 6.28. The molecular formula is C32H26Cl2N2O. The van der Waals surface area contributed by atoms with Crippen LogP contribution in [0.5, 0.6) is 5.75 Å². The lowest BCUT2D eigenvalue weighted by Crippen LogP contribution is -2.28. The molecule has 1 heterocycles. The van der Waals surface area contributed by atoms with Crippen LogP contribution in [0.4, 0.5) is 11.4 Å². The molecule has 0 unspecified atom stereocenters. The number of benzene rings is 4. The molecule has 0 spiro atoms. The van der Waals surface area contributed by atoms with E-state index in [0.717, 1.165) is 23.2 Å². The van der Waals surface area contributed by atoms with Gasteiger partial charge in [-0.05, 0) is 65.9 Å². The lowest BCUT2D eigenvalue weighted by molar-refractivity contribution is 0.306. The summed E-state index contributed by atoms with van der Waals surface area (Å²) in [5, 5.41) is 5.10. The first-order chi connectivity index (χ1) is 18.2. The van der Waals surface area contributed by atoms with Gasteiger partial charge in [0.2, 0.25) is 0 Å². The van der Waals surface area contributed by atoms with Crippen LogP contribution in [0.15, 0.2) is 108 Å². The van der Waals surface area contributed by atoms with Crippen LogP contribution in [0.2, 0.25) is 10.0 Å². The lowest BCUT2D eigenvalue weighted by atomic mass is 9.77. The fourth-order valence-electron chi connectivity index (χ4n) is 5.31. The van der Waals surface area contributed by atoms with Crippen LogP contribution < -0.4 is 10.1 Å². The minimum Gasteiger partial charge on any atom is -0.488 e. The van der Waals surface area contributed by atoms with Crippen LogP contribution in [0.3, 0.4) is 0 Å². The van der Waals surface area contributed by atoms with Gasteiger partial charge in [0.25, 0.3) is 0 Å². The van der Waals surface area contributed by atoms with E-state index in [1.807, 2.05) is 42.5 Å². The summed E-state index contributed by atoms with van der Waals surface area (Å²) in [4.78, 5) is 4.72. The third kappa shape index (κ3) is 5.02. The van der Waals surface area contributed by atoms with Gasteiger partial charge >= 0.3 is 0 Å².